The summed E-state index contributed by atoms with van der Waals surface area (Å²) in [6, 6.07) is 0.928. The molecule has 0 bridgehead atoms. The summed E-state index contributed by atoms with van der Waals surface area (Å²) >= 11 is 0. The van der Waals surface area contributed by atoms with Crippen molar-refractivity contribution in [1.82, 2.24) is 10.2 Å². The number of rotatable bonds is 2. The molecule has 98 valence electrons. The Kier molecular flexibility index (Phi) is 3.72. The molecule has 0 spiro atoms. The number of nitrogens with one attached hydrogen (secondary N) is 1. The Labute approximate surface area is 106 Å². The summed E-state index contributed by atoms with van der Waals surface area (Å²) in [5.74, 6) is 2.98. The number of fused-ring (bicyclic) bond motifs is 1. The Morgan fingerprint density at radius 3 is 2.47 bits per heavy atom. The number of hydrogen-bond acceptors (Lipinski definition) is 2. The van der Waals surface area contributed by atoms with Crippen molar-refractivity contribution < 1.29 is 0 Å². The van der Waals surface area contributed by atoms with Crippen molar-refractivity contribution in [3.8, 4) is 0 Å². The molecule has 2 heterocycles. The molecule has 4 atom stereocenters. The first-order valence-corrected chi connectivity index (χ1v) is 7.81. The van der Waals surface area contributed by atoms with E-state index in [4.69, 9.17) is 0 Å². The monoisotopic (exact) mass is 236 g/mol. The van der Waals surface area contributed by atoms with E-state index >= 15 is 0 Å². The third-order valence-electron chi connectivity index (χ3n) is 5.57. The van der Waals surface area contributed by atoms with Gasteiger partial charge in [-0.2, -0.15) is 0 Å². The molecule has 2 nitrogen and oxygen atoms in total. The van der Waals surface area contributed by atoms with E-state index in [1.165, 1.54) is 64.7 Å². The zero-order valence-corrected chi connectivity index (χ0v) is 11.3. The van der Waals surface area contributed by atoms with Crippen LogP contribution < -0.4 is 5.32 Å². The highest BCUT2D eigenvalue weighted by Gasteiger charge is 2.38. The lowest BCUT2D eigenvalue weighted by atomic mass is 9.97. The van der Waals surface area contributed by atoms with Crippen LogP contribution in [0.25, 0.3) is 0 Å². The van der Waals surface area contributed by atoms with Crippen molar-refractivity contribution in [2.45, 2.75) is 51.5 Å². The van der Waals surface area contributed by atoms with E-state index in [0.717, 1.165) is 23.8 Å². The lowest BCUT2D eigenvalue weighted by Gasteiger charge is -2.27. The smallest absolute Gasteiger partial charge is 0.00956 e. The standard InChI is InChI=1S/C15H28N2/c1-2-12-4-3-5-15(7-6-12)17-10-13-8-16-9-14(13)11-17/h12-16H,2-11H2,1H3/t12?,13-,14+,15?. The summed E-state index contributed by atoms with van der Waals surface area (Å²) in [6.45, 7) is 7.71. The van der Waals surface area contributed by atoms with Crippen LogP contribution in [0, 0.1) is 17.8 Å². The molecule has 3 rings (SSSR count). The normalized spacial score (nSPS) is 43.6. The molecule has 1 aliphatic carbocycles. The SMILES string of the molecule is CCC1CCCC(N2C[C@H]3CNC[C@H]3C2)CC1. The van der Waals surface area contributed by atoms with Crippen LogP contribution in [0.2, 0.25) is 0 Å². The average Bonchev–Trinajstić information content (AvgIpc) is 2.83. The van der Waals surface area contributed by atoms with E-state index in [2.05, 4.69) is 17.1 Å². The lowest BCUT2D eigenvalue weighted by molar-refractivity contribution is 0.204. The van der Waals surface area contributed by atoms with E-state index < -0.39 is 0 Å². The van der Waals surface area contributed by atoms with Gasteiger partial charge in [0.1, 0.15) is 0 Å². The molecule has 3 aliphatic rings. The van der Waals surface area contributed by atoms with Crippen molar-refractivity contribution in [2.24, 2.45) is 17.8 Å². The number of hydrogen-bond donors (Lipinski definition) is 1. The van der Waals surface area contributed by atoms with Crippen molar-refractivity contribution in [1.29, 1.82) is 0 Å². The van der Waals surface area contributed by atoms with Gasteiger partial charge in [0.15, 0.2) is 0 Å². The van der Waals surface area contributed by atoms with Gasteiger partial charge in [0.2, 0.25) is 0 Å². The van der Waals surface area contributed by atoms with E-state index in [0.29, 0.717) is 0 Å². The minimum Gasteiger partial charge on any atom is -0.316 e. The molecule has 17 heavy (non-hydrogen) atoms. The van der Waals surface area contributed by atoms with Crippen LogP contribution in [-0.4, -0.2) is 37.1 Å². The Hall–Kier alpha value is -0.0800. The van der Waals surface area contributed by atoms with Crippen LogP contribution in [-0.2, 0) is 0 Å². The molecule has 0 aromatic rings. The van der Waals surface area contributed by atoms with Gasteiger partial charge in [-0.3, -0.25) is 4.90 Å². The summed E-state index contributed by atoms with van der Waals surface area (Å²) in [7, 11) is 0. The van der Waals surface area contributed by atoms with E-state index in [-0.39, 0.29) is 0 Å². The second-order valence-electron chi connectivity index (χ2n) is 6.57. The van der Waals surface area contributed by atoms with Gasteiger partial charge in [0.05, 0.1) is 0 Å². The van der Waals surface area contributed by atoms with Gasteiger partial charge >= 0.3 is 0 Å². The Morgan fingerprint density at radius 1 is 1.00 bits per heavy atom. The van der Waals surface area contributed by atoms with Crippen LogP contribution in [0.4, 0.5) is 0 Å². The van der Waals surface area contributed by atoms with Crippen molar-refractivity contribution in [3.05, 3.63) is 0 Å². The summed E-state index contributed by atoms with van der Waals surface area (Å²) < 4.78 is 0. The van der Waals surface area contributed by atoms with Crippen LogP contribution in [0.5, 0.6) is 0 Å². The highest BCUT2D eigenvalue weighted by Crippen LogP contribution is 2.33. The van der Waals surface area contributed by atoms with Gasteiger partial charge in [-0.1, -0.05) is 26.2 Å². The van der Waals surface area contributed by atoms with Gasteiger partial charge in [-0.05, 0) is 50.1 Å². The predicted octanol–water partition coefficient (Wildman–Crippen LogP) is 2.50. The largest absolute Gasteiger partial charge is 0.316 e. The van der Waals surface area contributed by atoms with Gasteiger partial charge < -0.3 is 5.32 Å². The summed E-state index contributed by atoms with van der Waals surface area (Å²) in [5, 5.41) is 3.55. The average molecular weight is 236 g/mol. The maximum atomic E-state index is 3.55. The third-order valence-corrected chi connectivity index (χ3v) is 5.57. The summed E-state index contributed by atoms with van der Waals surface area (Å²) in [5.41, 5.74) is 0. The number of nitrogens with zero attached hydrogens (tertiary/aromatic N) is 1. The zero-order valence-electron chi connectivity index (χ0n) is 11.3. The maximum absolute atomic E-state index is 3.55. The van der Waals surface area contributed by atoms with Crippen LogP contribution in [0.15, 0.2) is 0 Å². The van der Waals surface area contributed by atoms with E-state index in [9.17, 15) is 0 Å². The fraction of sp³-hybridized carbons (Fsp3) is 1.00. The molecular weight excluding hydrogens is 208 g/mol. The Morgan fingerprint density at radius 2 is 1.76 bits per heavy atom. The molecule has 2 heteroatoms. The quantitative estimate of drug-likeness (QED) is 0.741. The van der Waals surface area contributed by atoms with Crippen LogP contribution in [0.3, 0.4) is 0 Å². The fourth-order valence-corrected chi connectivity index (χ4v) is 4.32. The second-order valence-corrected chi connectivity index (χ2v) is 6.57. The topological polar surface area (TPSA) is 15.3 Å². The van der Waals surface area contributed by atoms with Crippen molar-refractivity contribution >= 4 is 0 Å². The Balaban J connectivity index is 1.54. The molecule has 0 radical (unpaired) electrons. The van der Waals surface area contributed by atoms with Crippen molar-refractivity contribution in [2.75, 3.05) is 26.2 Å². The molecular formula is C15H28N2. The molecule has 1 N–H and O–H groups in total. The van der Waals surface area contributed by atoms with Crippen LogP contribution >= 0.6 is 0 Å². The minimum absolute atomic E-state index is 0.928. The van der Waals surface area contributed by atoms with Gasteiger partial charge in [0.25, 0.3) is 0 Å². The van der Waals surface area contributed by atoms with Crippen LogP contribution in [0.1, 0.15) is 45.4 Å². The van der Waals surface area contributed by atoms with Gasteiger partial charge in [-0.25, -0.2) is 0 Å². The Bertz CT molecular complexity index is 241. The molecule has 2 saturated heterocycles. The predicted molar refractivity (Wildman–Crippen MR) is 72.1 cm³/mol. The first kappa shape index (κ1) is 12.0. The molecule has 0 aromatic heterocycles. The third kappa shape index (κ3) is 2.53. The van der Waals surface area contributed by atoms with E-state index in [1.54, 1.807) is 0 Å². The molecule has 0 aromatic carbocycles. The highest BCUT2D eigenvalue weighted by atomic mass is 15.2. The summed E-state index contributed by atoms with van der Waals surface area (Å²) in [4.78, 5) is 2.84. The molecule has 3 fully saturated rings. The first-order valence-electron chi connectivity index (χ1n) is 7.81. The zero-order chi connectivity index (χ0) is 11.7. The lowest BCUT2D eigenvalue weighted by Crippen LogP contribution is -2.35. The van der Waals surface area contributed by atoms with Gasteiger partial charge in [-0.15, -0.1) is 0 Å². The highest BCUT2D eigenvalue weighted by molar-refractivity contribution is 4.94. The van der Waals surface area contributed by atoms with Crippen molar-refractivity contribution in [3.63, 3.8) is 0 Å². The molecule has 1 saturated carbocycles. The molecule has 2 unspecified atom stereocenters. The molecule has 0 amide bonds. The van der Waals surface area contributed by atoms with Gasteiger partial charge in [0, 0.05) is 19.1 Å². The second kappa shape index (κ2) is 5.27. The van der Waals surface area contributed by atoms with E-state index in [1.807, 2.05) is 0 Å². The maximum Gasteiger partial charge on any atom is 0.00956 e. The fourth-order valence-electron chi connectivity index (χ4n) is 4.32. The number of likely N-dealkylation sites (tertiary alicyclic amines) is 1. The molecule has 2 aliphatic heterocycles. The first-order chi connectivity index (χ1) is 8.36. The minimum atomic E-state index is 0.928. The summed E-state index contributed by atoms with van der Waals surface area (Å²) in [6.07, 6.45) is 8.82.